The molecule has 29 heavy (non-hydrogen) atoms. The standard InChI is InChI=1S/C29H51/c1-7-22(20(2)3)12-11-21(4)25-15-16-26-24-14-13-23-10-8-9-18-28(23,5)27(24)17-19-29(25,26)6/h8,20-27H,7,9-19H2,1-6H3/t21?,22-,23-,24+,25-,26+,27+,28+,29-/m1/s1. The van der Waals surface area contributed by atoms with Crippen molar-refractivity contribution in [1.82, 2.24) is 0 Å². The lowest BCUT2D eigenvalue weighted by Gasteiger charge is -2.61. The molecule has 1 radical (unpaired) electrons. The van der Waals surface area contributed by atoms with Gasteiger partial charge in [-0.2, -0.15) is 0 Å². The van der Waals surface area contributed by atoms with Gasteiger partial charge in [0.05, 0.1) is 0 Å². The van der Waals surface area contributed by atoms with Crippen LogP contribution in [0.15, 0.2) is 0 Å². The van der Waals surface area contributed by atoms with Crippen LogP contribution in [0.5, 0.6) is 0 Å². The van der Waals surface area contributed by atoms with Gasteiger partial charge in [-0.15, -0.1) is 0 Å². The van der Waals surface area contributed by atoms with E-state index in [4.69, 9.17) is 0 Å². The number of hydrogen-bond acceptors (Lipinski definition) is 0. The zero-order chi connectivity index (χ0) is 20.8. The summed E-state index contributed by atoms with van der Waals surface area (Å²) in [4.78, 5) is 0. The van der Waals surface area contributed by atoms with E-state index in [-0.39, 0.29) is 0 Å². The van der Waals surface area contributed by atoms with Gasteiger partial charge in [0.25, 0.3) is 0 Å². The molecule has 0 aromatic carbocycles. The van der Waals surface area contributed by atoms with E-state index in [1.165, 1.54) is 51.4 Å². The molecular formula is C29H51. The molecule has 4 aliphatic rings. The third-order valence-corrected chi connectivity index (χ3v) is 11.6. The number of hydrogen-bond donors (Lipinski definition) is 0. The molecule has 0 amide bonds. The van der Waals surface area contributed by atoms with Gasteiger partial charge in [-0.05, 0) is 129 Å². The summed E-state index contributed by atoms with van der Waals surface area (Å²) in [6.45, 7) is 15.4. The first-order chi connectivity index (χ1) is 13.8. The van der Waals surface area contributed by atoms with E-state index < -0.39 is 0 Å². The third-order valence-electron chi connectivity index (χ3n) is 11.6. The van der Waals surface area contributed by atoms with E-state index in [2.05, 4.69) is 48.0 Å². The first-order valence-corrected chi connectivity index (χ1v) is 13.6. The molecule has 9 atom stereocenters. The second-order valence-electron chi connectivity index (χ2n) is 12.9. The van der Waals surface area contributed by atoms with E-state index >= 15 is 0 Å². The molecule has 0 bridgehead atoms. The van der Waals surface area contributed by atoms with Gasteiger partial charge in [0.1, 0.15) is 0 Å². The molecule has 4 fully saturated rings. The van der Waals surface area contributed by atoms with Crippen molar-refractivity contribution in [2.75, 3.05) is 0 Å². The Hall–Kier alpha value is 0. The van der Waals surface area contributed by atoms with Crippen molar-refractivity contribution in [3.05, 3.63) is 6.42 Å². The molecule has 0 nitrogen and oxygen atoms in total. The summed E-state index contributed by atoms with van der Waals surface area (Å²) in [6, 6.07) is 0. The minimum atomic E-state index is 0.657. The maximum Gasteiger partial charge on any atom is -0.0264 e. The van der Waals surface area contributed by atoms with Gasteiger partial charge in [0.15, 0.2) is 0 Å². The smallest absolute Gasteiger partial charge is 0.0264 e. The summed E-state index contributed by atoms with van der Waals surface area (Å²) in [5.74, 6) is 7.91. The second kappa shape index (κ2) is 8.50. The fraction of sp³-hybridized carbons (Fsp3) is 0.966. The largest absolute Gasteiger partial charge is 0.0651 e. The van der Waals surface area contributed by atoms with E-state index in [1.807, 2.05) is 0 Å². The summed E-state index contributed by atoms with van der Waals surface area (Å²) in [6.07, 6.45) is 20.5. The molecule has 0 N–H and O–H groups in total. The van der Waals surface area contributed by atoms with Crippen LogP contribution in [0, 0.1) is 64.6 Å². The first-order valence-electron chi connectivity index (χ1n) is 13.6. The van der Waals surface area contributed by atoms with Crippen LogP contribution in [-0.4, -0.2) is 0 Å². The van der Waals surface area contributed by atoms with Gasteiger partial charge in [-0.3, -0.25) is 0 Å². The highest BCUT2D eigenvalue weighted by atomic mass is 14.6. The topological polar surface area (TPSA) is 0 Å². The van der Waals surface area contributed by atoms with Gasteiger partial charge < -0.3 is 0 Å². The zero-order valence-corrected chi connectivity index (χ0v) is 20.7. The van der Waals surface area contributed by atoms with Gasteiger partial charge in [0.2, 0.25) is 0 Å². The average Bonchev–Trinajstić information content (AvgIpc) is 3.05. The minimum Gasteiger partial charge on any atom is -0.0651 e. The highest BCUT2D eigenvalue weighted by molar-refractivity contribution is 5.10. The van der Waals surface area contributed by atoms with Gasteiger partial charge in [-0.25, -0.2) is 0 Å². The lowest BCUT2D eigenvalue weighted by Crippen LogP contribution is -2.53. The average molecular weight is 400 g/mol. The van der Waals surface area contributed by atoms with E-state index in [0.29, 0.717) is 10.8 Å². The highest BCUT2D eigenvalue weighted by Gasteiger charge is 2.60. The molecular weight excluding hydrogens is 348 g/mol. The number of fused-ring (bicyclic) bond motifs is 5. The highest BCUT2D eigenvalue weighted by Crippen LogP contribution is 2.68. The van der Waals surface area contributed by atoms with E-state index in [1.54, 1.807) is 25.7 Å². The first kappa shape index (κ1) is 22.2. The molecule has 0 heteroatoms. The van der Waals surface area contributed by atoms with Gasteiger partial charge >= 0.3 is 0 Å². The molecule has 167 valence electrons. The Labute approximate surface area is 183 Å². The number of rotatable bonds is 6. The molecule has 0 aromatic rings. The van der Waals surface area contributed by atoms with Crippen LogP contribution >= 0.6 is 0 Å². The molecule has 4 aliphatic carbocycles. The lowest BCUT2D eigenvalue weighted by atomic mass is 9.44. The van der Waals surface area contributed by atoms with E-state index in [9.17, 15) is 0 Å². The van der Waals surface area contributed by atoms with Gasteiger partial charge in [-0.1, -0.05) is 54.4 Å². The molecule has 0 aromatic heterocycles. The quantitative estimate of drug-likeness (QED) is 0.418. The zero-order valence-electron chi connectivity index (χ0n) is 20.7. The molecule has 1 unspecified atom stereocenters. The Balaban J connectivity index is 1.45. The van der Waals surface area contributed by atoms with Crippen molar-refractivity contribution in [3.8, 4) is 0 Å². The van der Waals surface area contributed by atoms with Crippen LogP contribution in [0.1, 0.15) is 119 Å². The Morgan fingerprint density at radius 2 is 1.62 bits per heavy atom. The van der Waals surface area contributed by atoms with Gasteiger partial charge in [0, 0.05) is 0 Å². The predicted octanol–water partition coefficient (Wildman–Crippen LogP) is 8.95. The molecule has 0 spiro atoms. The van der Waals surface area contributed by atoms with Crippen LogP contribution in [0.4, 0.5) is 0 Å². The normalized spacial score (nSPS) is 46.7. The molecule has 0 heterocycles. The van der Waals surface area contributed by atoms with Crippen molar-refractivity contribution < 1.29 is 0 Å². The summed E-state index contributed by atoms with van der Waals surface area (Å²) in [7, 11) is 0. The molecule has 4 rings (SSSR count). The Morgan fingerprint density at radius 1 is 0.862 bits per heavy atom. The Morgan fingerprint density at radius 3 is 2.34 bits per heavy atom. The summed E-state index contributed by atoms with van der Waals surface area (Å²) in [5.41, 5.74) is 1.33. The third kappa shape index (κ3) is 3.75. The van der Waals surface area contributed by atoms with Crippen molar-refractivity contribution in [2.24, 2.45) is 58.2 Å². The van der Waals surface area contributed by atoms with Crippen molar-refractivity contribution in [3.63, 3.8) is 0 Å². The summed E-state index contributed by atoms with van der Waals surface area (Å²) >= 11 is 0. The van der Waals surface area contributed by atoms with Crippen LogP contribution in [0.3, 0.4) is 0 Å². The van der Waals surface area contributed by atoms with Crippen molar-refractivity contribution in [1.29, 1.82) is 0 Å². The monoisotopic (exact) mass is 399 g/mol. The summed E-state index contributed by atoms with van der Waals surface area (Å²) in [5, 5.41) is 0. The molecule has 0 aliphatic heterocycles. The minimum absolute atomic E-state index is 0.657. The Bertz CT molecular complexity index is 548. The van der Waals surface area contributed by atoms with Crippen molar-refractivity contribution in [2.45, 2.75) is 119 Å². The van der Waals surface area contributed by atoms with Crippen molar-refractivity contribution >= 4 is 0 Å². The summed E-state index contributed by atoms with van der Waals surface area (Å²) < 4.78 is 0. The predicted molar refractivity (Wildman–Crippen MR) is 127 cm³/mol. The van der Waals surface area contributed by atoms with Crippen LogP contribution in [0.2, 0.25) is 0 Å². The molecule has 0 saturated heterocycles. The SMILES string of the molecule is CC[C@H](CCC(C)[C@H]1CC[C@H]2[C@@H]3CC[C@H]4C[CH]CC[C@]4(C)[C@H]3CC[C@]12C)C(C)C. The maximum absolute atomic E-state index is 2.75. The fourth-order valence-corrected chi connectivity index (χ4v) is 9.71. The lowest BCUT2D eigenvalue weighted by molar-refractivity contribution is -0.109. The van der Waals surface area contributed by atoms with E-state index in [0.717, 1.165) is 47.3 Å². The second-order valence-corrected chi connectivity index (χ2v) is 12.9. The van der Waals surface area contributed by atoms with Crippen LogP contribution in [-0.2, 0) is 0 Å². The fourth-order valence-electron chi connectivity index (χ4n) is 9.71. The van der Waals surface area contributed by atoms with Crippen LogP contribution < -0.4 is 0 Å². The Kier molecular flexibility index (Phi) is 6.51. The molecule has 4 saturated carbocycles. The maximum atomic E-state index is 2.75. The van der Waals surface area contributed by atoms with Crippen LogP contribution in [0.25, 0.3) is 0 Å².